The summed E-state index contributed by atoms with van der Waals surface area (Å²) in [4.78, 5) is 12.6. The van der Waals surface area contributed by atoms with E-state index in [4.69, 9.17) is 16.3 Å². The Bertz CT molecular complexity index is 605. The van der Waals surface area contributed by atoms with E-state index < -0.39 is 0 Å². The van der Waals surface area contributed by atoms with Gasteiger partial charge in [-0.15, -0.1) is 11.3 Å². The molecule has 1 aromatic carbocycles. The summed E-state index contributed by atoms with van der Waals surface area (Å²) >= 11 is 7.25. The topological polar surface area (TPSA) is 38.3 Å². The van der Waals surface area contributed by atoms with Gasteiger partial charge in [-0.3, -0.25) is 4.79 Å². The molecule has 1 aromatic heterocycles. The maximum atomic E-state index is 11.7. The third-order valence-electron chi connectivity index (χ3n) is 2.62. The highest BCUT2D eigenvalue weighted by molar-refractivity contribution is 7.17. The summed E-state index contributed by atoms with van der Waals surface area (Å²) in [6, 6.07) is 11.3. The van der Waals surface area contributed by atoms with Gasteiger partial charge in [0.2, 0.25) is 5.91 Å². The molecule has 0 bridgehead atoms. The molecule has 0 unspecified atom stereocenters. The molecule has 0 aliphatic rings. The zero-order valence-electron chi connectivity index (χ0n) is 10.9. The van der Waals surface area contributed by atoms with Crippen molar-refractivity contribution in [3.05, 3.63) is 57.3 Å². The highest BCUT2D eigenvalue weighted by Gasteiger charge is 1.99. The number of hydrogen-bond donors (Lipinski definition) is 1. The molecule has 20 heavy (non-hydrogen) atoms. The van der Waals surface area contributed by atoms with Gasteiger partial charge in [-0.2, -0.15) is 0 Å². The SMILES string of the molecule is COc1ccc(CNC(=O)/C=C/c2ccc(Cl)s2)cc1. The van der Waals surface area contributed by atoms with Gasteiger partial charge in [-0.1, -0.05) is 23.7 Å². The number of carbonyl (C=O) groups is 1. The Balaban J connectivity index is 1.83. The van der Waals surface area contributed by atoms with Crippen LogP contribution in [0.25, 0.3) is 6.08 Å². The first kappa shape index (κ1) is 14.6. The number of ether oxygens (including phenoxy) is 1. The van der Waals surface area contributed by atoms with Crippen LogP contribution in [0.5, 0.6) is 5.75 Å². The number of nitrogens with one attached hydrogen (secondary N) is 1. The molecular weight excluding hydrogens is 294 g/mol. The smallest absolute Gasteiger partial charge is 0.244 e. The number of rotatable bonds is 5. The molecule has 1 N–H and O–H groups in total. The molecule has 1 heterocycles. The minimum Gasteiger partial charge on any atom is -0.497 e. The lowest BCUT2D eigenvalue weighted by atomic mass is 10.2. The van der Waals surface area contributed by atoms with Crippen molar-refractivity contribution in [1.82, 2.24) is 5.32 Å². The Labute approximate surface area is 126 Å². The molecule has 104 valence electrons. The first-order valence-corrected chi connectivity index (χ1v) is 7.21. The monoisotopic (exact) mass is 307 g/mol. The molecule has 0 aliphatic carbocycles. The van der Waals surface area contributed by atoms with Gasteiger partial charge in [0.1, 0.15) is 5.75 Å². The minimum absolute atomic E-state index is 0.134. The molecular formula is C15H14ClNO2S. The van der Waals surface area contributed by atoms with Crippen LogP contribution in [0.1, 0.15) is 10.4 Å². The zero-order valence-corrected chi connectivity index (χ0v) is 12.5. The second kappa shape index (κ2) is 7.12. The van der Waals surface area contributed by atoms with E-state index in [1.807, 2.05) is 30.3 Å². The summed E-state index contributed by atoms with van der Waals surface area (Å²) in [5, 5.41) is 2.82. The van der Waals surface area contributed by atoms with E-state index in [1.54, 1.807) is 19.3 Å². The number of halogens is 1. The standard InChI is InChI=1S/C15H14ClNO2S/c1-19-12-4-2-11(3-5-12)10-17-15(18)9-7-13-6-8-14(16)20-13/h2-9H,10H2,1H3,(H,17,18)/b9-7+. The van der Waals surface area contributed by atoms with Crippen molar-refractivity contribution >= 4 is 34.9 Å². The summed E-state index contributed by atoms with van der Waals surface area (Å²) in [6.07, 6.45) is 3.26. The van der Waals surface area contributed by atoms with E-state index in [0.717, 1.165) is 16.2 Å². The van der Waals surface area contributed by atoms with Gasteiger partial charge in [-0.25, -0.2) is 0 Å². The molecule has 0 spiro atoms. The van der Waals surface area contributed by atoms with E-state index in [0.29, 0.717) is 10.9 Å². The largest absolute Gasteiger partial charge is 0.497 e. The average Bonchev–Trinajstić information content (AvgIpc) is 2.89. The van der Waals surface area contributed by atoms with E-state index in [2.05, 4.69) is 5.32 Å². The van der Waals surface area contributed by atoms with Crippen molar-refractivity contribution < 1.29 is 9.53 Å². The van der Waals surface area contributed by atoms with E-state index >= 15 is 0 Å². The van der Waals surface area contributed by atoms with Gasteiger partial charge in [0.05, 0.1) is 11.4 Å². The van der Waals surface area contributed by atoms with Crippen molar-refractivity contribution in [3.63, 3.8) is 0 Å². The fraction of sp³-hybridized carbons (Fsp3) is 0.133. The van der Waals surface area contributed by atoms with Crippen LogP contribution in [0, 0.1) is 0 Å². The lowest BCUT2D eigenvalue weighted by Crippen LogP contribution is -2.20. The summed E-state index contributed by atoms with van der Waals surface area (Å²) in [7, 11) is 1.62. The molecule has 0 atom stereocenters. The fourth-order valence-electron chi connectivity index (χ4n) is 1.57. The average molecular weight is 308 g/mol. The van der Waals surface area contributed by atoms with Crippen molar-refractivity contribution in [2.45, 2.75) is 6.54 Å². The van der Waals surface area contributed by atoms with Crippen LogP contribution < -0.4 is 10.1 Å². The van der Waals surface area contributed by atoms with Crippen LogP contribution in [0.15, 0.2) is 42.5 Å². The van der Waals surface area contributed by atoms with Crippen molar-refractivity contribution in [1.29, 1.82) is 0 Å². The number of hydrogen-bond acceptors (Lipinski definition) is 3. The normalized spacial score (nSPS) is 10.7. The molecule has 2 aromatic rings. The lowest BCUT2D eigenvalue weighted by molar-refractivity contribution is -0.116. The van der Waals surface area contributed by atoms with Crippen LogP contribution in [-0.2, 0) is 11.3 Å². The van der Waals surface area contributed by atoms with E-state index in [-0.39, 0.29) is 5.91 Å². The lowest BCUT2D eigenvalue weighted by Gasteiger charge is -2.04. The Morgan fingerprint density at radius 2 is 2.05 bits per heavy atom. The van der Waals surface area contributed by atoms with Crippen LogP contribution in [0.4, 0.5) is 0 Å². The van der Waals surface area contributed by atoms with Crippen molar-refractivity contribution in [2.24, 2.45) is 0 Å². The van der Waals surface area contributed by atoms with Crippen molar-refractivity contribution in [3.8, 4) is 5.75 Å². The van der Waals surface area contributed by atoms with Gasteiger partial charge in [-0.05, 0) is 35.9 Å². The molecule has 0 aliphatic heterocycles. The highest BCUT2D eigenvalue weighted by Crippen LogP contribution is 2.22. The van der Waals surface area contributed by atoms with Crippen LogP contribution in [-0.4, -0.2) is 13.0 Å². The Kier molecular flexibility index (Phi) is 5.21. The minimum atomic E-state index is -0.134. The van der Waals surface area contributed by atoms with E-state index in [1.165, 1.54) is 17.4 Å². The van der Waals surface area contributed by atoms with Crippen LogP contribution in [0.3, 0.4) is 0 Å². The van der Waals surface area contributed by atoms with Crippen molar-refractivity contribution in [2.75, 3.05) is 7.11 Å². The number of thiophene rings is 1. The zero-order chi connectivity index (χ0) is 14.4. The fourth-order valence-corrected chi connectivity index (χ4v) is 2.53. The summed E-state index contributed by atoms with van der Waals surface area (Å²) in [6.45, 7) is 0.484. The van der Waals surface area contributed by atoms with Gasteiger partial charge >= 0.3 is 0 Å². The number of benzene rings is 1. The van der Waals surface area contributed by atoms with Gasteiger partial charge < -0.3 is 10.1 Å². The van der Waals surface area contributed by atoms with Gasteiger partial charge in [0, 0.05) is 17.5 Å². The molecule has 2 rings (SSSR count). The predicted octanol–water partition coefficient (Wildman–Crippen LogP) is 3.74. The molecule has 5 heteroatoms. The molecule has 0 saturated heterocycles. The summed E-state index contributed by atoms with van der Waals surface area (Å²) < 4.78 is 5.79. The predicted molar refractivity (Wildman–Crippen MR) is 83.2 cm³/mol. The second-order valence-electron chi connectivity index (χ2n) is 4.04. The van der Waals surface area contributed by atoms with Gasteiger partial charge in [0.15, 0.2) is 0 Å². The maximum Gasteiger partial charge on any atom is 0.244 e. The third-order valence-corrected chi connectivity index (χ3v) is 3.82. The van der Waals surface area contributed by atoms with E-state index in [9.17, 15) is 4.79 Å². The molecule has 3 nitrogen and oxygen atoms in total. The Morgan fingerprint density at radius 3 is 2.65 bits per heavy atom. The quantitative estimate of drug-likeness (QED) is 0.855. The molecule has 0 radical (unpaired) electrons. The Hall–Kier alpha value is -1.78. The molecule has 0 fully saturated rings. The first-order valence-electron chi connectivity index (χ1n) is 6.01. The number of carbonyl (C=O) groups excluding carboxylic acids is 1. The highest BCUT2D eigenvalue weighted by atomic mass is 35.5. The maximum absolute atomic E-state index is 11.7. The number of amides is 1. The molecule has 0 saturated carbocycles. The van der Waals surface area contributed by atoms with Gasteiger partial charge in [0.25, 0.3) is 0 Å². The summed E-state index contributed by atoms with van der Waals surface area (Å²) in [5.41, 5.74) is 1.02. The molecule has 1 amide bonds. The van der Waals surface area contributed by atoms with Crippen LogP contribution >= 0.6 is 22.9 Å². The second-order valence-corrected chi connectivity index (χ2v) is 5.79. The number of methoxy groups -OCH3 is 1. The third kappa shape index (κ3) is 4.40. The Morgan fingerprint density at radius 1 is 1.30 bits per heavy atom. The summed E-state index contributed by atoms with van der Waals surface area (Å²) in [5.74, 6) is 0.667. The van der Waals surface area contributed by atoms with Crippen LogP contribution in [0.2, 0.25) is 4.34 Å². The first-order chi connectivity index (χ1) is 9.67.